The fraction of sp³-hybridized carbons (Fsp3) is 0.321. The van der Waals surface area contributed by atoms with Gasteiger partial charge in [0.05, 0.1) is 35.6 Å². The van der Waals surface area contributed by atoms with Crippen LogP contribution in [0.15, 0.2) is 120 Å². The molecule has 4 aliphatic rings. The highest BCUT2D eigenvalue weighted by atomic mass is 16.8. The quantitative estimate of drug-likeness (QED) is 0.0760. The van der Waals surface area contributed by atoms with Crippen molar-refractivity contribution in [1.82, 2.24) is 19.8 Å². The van der Waals surface area contributed by atoms with Crippen LogP contribution in [0.1, 0.15) is 73.9 Å². The molecule has 2 amide bonds. The number of rotatable bonds is 14. The van der Waals surface area contributed by atoms with E-state index in [1.807, 2.05) is 60.7 Å². The molecule has 14 nitrogen and oxygen atoms in total. The van der Waals surface area contributed by atoms with E-state index in [-0.39, 0.29) is 24.2 Å². The first-order valence-corrected chi connectivity index (χ1v) is 24.5. The van der Waals surface area contributed by atoms with Crippen LogP contribution < -0.4 is 19.6 Å². The van der Waals surface area contributed by atoms with E-state index in [4.69, 9.17) is 29.1 Å². The minimum atomic E-state index is -1.46. The number of carbonyl (C=O) groups excluding carboxylic acids is 4. The Morgan fingerprint density at radius 1 is 0.486 bits per heavy atom. The summed E-state index contributed by atoms with van der Waals surface area (Å²) in [5.41, 5.74) is 8.71. The number of likely N-dealkylation sites (tertiary alicyclic amines) is 2. The molecular weight excluding hydrogens is 885 g/mol. The number of fused-ring (bicyclic) bond motifs is 4. The number of carbonyl (C=O) groups is 4. The van der Waals surface area contributed by atoms with Gasteiger partial charge in [0.1, 0.15) is 22.9 Å². The van der Waals surface area contributed by atoms with Crippen molar-refractivity contribution in [3.05, 3.63) is 143 Å². The van der Waals surface area contributed by atoms with Crippen LogP contribution in [0.5, 0.6) is 11.5 Å². The van der Waals surface area contributed by atoms with Crippen LogP contribution in [-0.2, 0) is 41.7 Å². The van der Waals surface area contributed by atoms with Crippen molar-refractivity contribution in [3.63, 3.8) is 0 Å². The Hall–Kier alpha value is -7.42. The molecule has 70 heavy (non-hydrogen) atoms. The van der Waals surface area contributed by atoms with Crippen molar-refractivity contribution < 1.29 is 38.3 Å². The van der Waals surface area contributed by atoms with Gasteiger partial charge in [-0.25, -0.2) is 19.6 Å². The number of amides is 2. The highest BCUT2D eigenvalue weighted by Gasteiger charge is 2.37. The molecule has 0 radical (unpaired) electrons. The standard InChI is InChI=1S/C56H56N6O8/c63-51-23-19-43-11-5-15-49(67-35-7-29-59-31-25-39(26-32-59)37-45-21-17-41-9-1-3-13-47(41)57-45)53(43)61(51)69-55(65)56(66)70-62-52(64)24-20-44-12-6-16-50(54(44)62)68-36-8-30-60-33-27-40(28-34-60)38-46-22-18-42-10-2-4-14-48(42)58-46/h1-6,9-18,21-22,37-38H,7-8,19-20,23-36H2. The van der Waals surface area contributed by atoms with E-state index < -0.39 is 23.8 Å². The van der Waals surface area contributed by atoms with E-state index in [2.05, 4.69) is 58.4 Å². The Bertz CT molecular complexity index is 2790. The van der Waals surface area contributed by atoms with Crippen LogP contribution >= 0.6 is 0 Å². The number of aryl methyl sites for hydroxylation is 2. The van der Waals surface area contributed by atoms with Crippen LogP contribution in [0.4, 0.5) is 11.4 Å². The van der Waals surface area contributed by atoms with Gasteiger partial charge in [0.2, 0.25) is 0 Å². The van der Waals surface area contributed by atoms with Crippen molar-refractivity contribution >= 4 is 69.1 Å². The van der Waals surface area contributed by atoms with E-state index in [9.17, 15) is 19.2 Å². The van der Waals surface area contributed by atoms with Gasteiger partial charge in [-0.3, -0.25) is 9.59 Å². The Labute approximate surface area is 407 Å². The van der Waals surface area contributed by atoms with Gasteiger partial charge < -0.3 is 28.9 Å². The van der Waals surface area contributed by atoms with Gasteiger partial charge in [-0.05, 0) is 111 Å². The summed E-state index contributed by atoms with van der Waals surface area (Å²) in [5, 5.41) is 3.91. The van der Waals surface area contributed by atoms with Crippen LogP contribution in [-0.4, -0.2) is 96.0 Å². The largest absolute Gasteiger partial charge is 0.491 e. The number of hydroxylamine groups is 2. The monoisotopic (exact) mass is 940 g/mol. The van der Waals surface area contributed by atoms with E-state index in [0.717, 1.165) is 132 Å². The number of hydrogen-bond donors (Lipinski definition) is 0. The normalized spacial score (nSPS) is 16.5. The summed E-state index contributed by atoms with van der Waals surface area (Å²) >= 11 is 0. The Kier molecular flexibility index (Phi) is 14.2. The molecule has 0 unspecified atom stereocenters. The first-order chi connectivity index (χ1) is 34.3. The summed E-state index contributed by atoms with van der Waals surface area (Å²) in [6, 6.07) is 35.4. The van der Waals surface area contributed by atoms with Crippen LogP contribution in [0.25, 0.3) is 34.0 Å². The fourth-order valence-electron chi connectivity index (χ4n) is 9.70. The van der Waals surface area contributed by atoms with Crippen molar-refractivity contribution in [3.8, 4) is 11.5 Å². The predicted molar refractivity (Wildman–Crippen MR) is 268 cm³/mol. The van der Waals surface area contributed by atoms with Gasteiger partial charge in [-0.2, -0.15) is 0 Å². The Morgan fingerprint density at radius 3 is 1.36 bits per heavy atom. The molecule has 0 aliphatic carbocycles. The molecule has 2 saturated heterocycles. The van der Waals surface area contributed by atoms with Gasteiger partial charge in [-0.1, -0.05) is 83.9 Å². The molecule has 6 aromatic rings. The number of aromatic nitrogens is 2. The third kappa shape index (κ3) is 10.9. The van der Waals surface area contributed by atoms with Crippen LogP contribution in [0.3, 0.4) is 0 Å². The van der Waals surface area contributed by atoms with Gasteiger partial charge in [0.15, 0.2) is 0 Å². The maximum absolute atomic E-state index is 13.5. The van der Waals surface area contributed by atoms with Crippen molar-refractivity contribution in [2.75, 3.05) is 62.6 Å². The molecular formula is C56H56N6O8. The van der Waals surface area contributed by atoms with Crippen LogP contribution in [0, 0.1) is 0 Å². The second kappa shape index (κ2) is 21.5. The lowest BCUT2D eigenvalue weighted by atomic mass is 10.0. The molecule has 0 bridgehead atoms. The summed E-state index contributed by atoms with van der Waals surface area (Å²) < 4.78 is 12.5. The second-order valence-electron chi connectivity index (χ2n) is 18.2. The zero-order chi connectivity index (χ0) is 47.8. The number of benzene rings is 4. The third-order valence-corrected chi connectivity index (χ3v) is 13.4. The average molecular weight is 941 g/mol. The fourth-order valence-corrected chi connectivity index (χ4v) is 9.70. The lowest BCUT2D eigenvalue weighted by Crippen LogP contribution is -2.43. The predicted octanol–water partition coefficient (Wildman–Crippen LogP) is 8.85. The Morgan fingerprint density at radius 2 is 0.914 bits per heavy atom. The molecule has 4 aromatic carbocycles. The number of ether oxygens (including phenoxy) is 2. The minimum Gasteiger partial charge on any atom is -0.491 e. The second-order valence-corrected chi connectivity index (χ2v) is 18.2. The molecule has 0 N–H and O–H groups in total. The lowest BCUT2D eigenvalue weighted by molar-refractivity contribution is -0.172. The molecule has 2 fully saturated rings. The maximum Gasteiger partial charge on any atom is 0.444 e. The number of anilines is 2. The highest BCUT2D eigenvalue weighted by Crippen LogP contribution is 2.39. The van der Waals surface area contributed by atoms with E-state index >= 15 is 0 Å². The molecule has 10 rings (SSSR count). The first kappa shape index (κ1) is 46.3. The average Bonchev–Trinajstić information content (AvgIpc) is 3.39. The van der Waals surface area contributed by atoms with Crippen molar-refractivity contribution in [2.24, 2.45) is 0 Å². The summed E-state index contributed by atoms with van der Waals surface area (Å²) in [7, 11) is 0. The molecule has 0 spiro atoms. The van der Waals surface area contributed by atoms with E-state index in [1.165, 1.54) is 11.1 Å². The first-order valence-electron chi connectivity index (χ1n) is 24.5. The zero-order valence-electron chi connectivity index (χ0n) is 39.2. The summed E-state index contributed by atoms with van der Waals surface area (Å²) in [6.45, 7) is 6.11. The van der Waals surface area contributed by atoms with Gasteiger partial charge >= 0.3 is 11.9 Å². The number of nitrogens with zero attached hydrogens (tertiary/aromatic N) is 6. The summed E-state index contributed by atoms with van der Waals surface area (Å²) in [4.78, 5) is 79.0. The molecule has 2 aromatic heterocycles. The SMILES string of the molecule is O=C(ON1C(=O)CCc2cccc(OCCCN3CCC(=Cc4ccc5ccccc5n4)CC3)c21)C(=O)ON1C(=O)CCc2cccc(OCCCN3CCC(=Cc4ccc5ccccc5n4)CC3)c21. The summed E-state index contributed by atoms with van der Waals surface area (Å²) in [5.74, 6) is -3.24. The molecule has 6 heterocycles. The minimum absolute atomic E-state index is 0.0550. The van der Waals surface area contributed by atoms with Gasteiger partial charge in [0, 0.05) is 62.9 Å². The van der Waals surface area contributed by atoms with Gasteiger partial charge in [-0.15, -0.1) is 10.1 Å². The maximum atomic E-state index is 13.5. The number of pyridine rings is 2. The Balaban J connectivity index is 0.703. The molecule has 4 aliphatic heterocycles. The number of para-hydroxylation sites is 4. The van der Waals surface area contributed by atoms with Crippen molar-refractivity contribution in [2.45, 2.75) is 64.2 Å². The lowest BCUT2D eigenvalue weighted by Gasteiger charge is -2.31. The molecule has 14 heteroatoms. The topological polar surface area (TPSA) is 144 Å². The highest BCUT2D eigenvalue weighted by molar-refractivity contribution is 6.31. The third-order valence-electron chi connectivity index (χ3n) is 13.4. The molecule has 358 valence electrons. The number of piperidine rings is 2. The van der Waals surface area contributed by atoms with E-state index in [1.54, 1.807) is 12.1 Å². The van der Waals surface area contributed by atoms with Crippen molar-refractivity contribution in [1.29, 1.82) is 0 Å². The summed E-state index contributed by atoms with van der Waals surface area (Å²) in [6.07, 6.45) is 10.7. The number of hydrogen-bond acceptors (Lipinski definition) is 12. The van der Waals surface area contributed by atoms with E-state index in [0.29, 0.717) is 37.6 Å². The zero-order valence-corrected chi connectivity index (χ0v) is 39.2. The van der Waals surface area contributed by atoms with Gasteiger partial charge in [0.25, 0.3) is 11.8 Å². The molecule has 0 saturated carbocycles. The van der Waals surface area contributed by atoms with Crippen LogP contribution in [0.2, 0.25) is 0 Å². The smallest absolute Gasteiger partial charge is 0.444 e. The molecule has 0 atom stereocenters.